The second kappa shape index (κ2) is 2.56. The number of ether oxygens (including phenoxy) is 2. The predicted octanol–water partition coefficient (Wildman–Crippen LogP) is 2.41. The van der Waals surface area contributed by atoms with Crippen molar-refractivity contribution in [2.45, 2.75) is 12.0 Å². The van der Waals surface area contributed by atoms with Gasteiger partial charge in [-0.1, -0.05) is 23.7 Å². The van der Waals surface area contributed by atoms with Crippen LogP contribution in [0.25, 0.3) is 0 Å². The highest BCUT2D eigenvalue weighted by atomic mass is 35.5. The van der Waals surface area contributed by atoms with Gasteiger partial charge in [-0.25, -0.2) is 0 Å². The largest absolute Gasteiger partial charge is 0.484 e. The molecule has 0 amide bonds. The summed E-state index contributed by atoms with van der Waals surface area (Å²) in [5.74, 6) is 1.47. The van der Waals surface area contributed by atoms with Gasteiger partial charge in [-0.2, -0.15) is 0 Å². The van der Waals surface area contributed by atoms with Gasteiger partial charge in [-0.15, -0.1) is 0 Å². The first-order chi connectivity index (χ1) is 5.67. The molecule has 64 valence electrons. The van der Waals surface area contributed by atoms with E-state index in [1.54, 1.807) is 6.92 Å². The molecule has 1 unspecified atom stereocenters. The van der Waals surface area contributed by atoms with E-state index in [9.17, 15) is 0 Å². The van der Waals surface area contributed by atoms with Crippen molar-refractivity contribution in [1.82, 2.24) is 0 Å². The molecule has 1 atom stereocenters. The molecule has 1 heterocycles. The molecule has 0 saturated heterocycles. The number of hydrogen-bond acceptors (Lipinski definition) is 2. The van der Waals surface area contributed by atoms with E-state index in [1.807, 2.05) is 24.3 Å². The number of halogens is 1. The van der Waals surface area contributed by atoms with E-state index < -0.39 is 5.06 Å². The molecule has 0 radical (unpaired) electrons. The van der Waals surface area contributed by atoms with Gasteiger partial charge in [0, 0.05) is 0 Å². The summed E-state index contributed by atoms with van der Waals surface area (Å²) in [5, 5.41) is -0.728. The van der Waals surface area contributed by atoms with Gasteiger partial charge in [0.05, 0.1) is 0 Å². The second-order valence-electron chi connectivity index (χ2n) is 2.94. The highest BCUT2D eigenvalue weighted by molar-refractivity contribution is 6.23. The first-order valence-corrected chi connectivity index (χ1v) is 4.15. The molecular weight excluding hydrogens is 176 g/mol. The zero-order chi connectivity index (χ0) is 8.60. The Kier molecular flexibility index (Phi) is 1.65. The van der Waals surface area contributed by atoms with Crippen LogP contribution in [0.1, 0.15) is 6.92 Å². The smallest absolute Gasteiger partial charge is 0.213 e. The summed E-state index contributed by atoms with van der Waals surface area (Å²) < 4.78 is 10.8. The minimum absolute atomic E-state index is 0.381. The third-order valence-corrected chi connectivity index (χ3v) is 1.84. The number of hydrogen-bond donors (Lipinski definition) is 0. The van der Waals surface area contributed by atoms with Crippen molar-refractivity contribution >= 4 is 11.6 Å². The van der Waals surface area contributed by atoms with E-state index in [-0.39, 0.29) is 0 Å². The molecule has 0 bridgehead atoms. The summed E-state index contributed by atoms with van der Waals surface area (Å²) in [6.45, 7) is 2.16. The lowest BCUT2D eigenvalue weighted by Gasteiger charge is -2.30. The Morgan fingerprint density at radius 3 is 2.75 bits per heavy atom. The molecule has 0 aromatic heterocycles. The summed E-state index contributed by atoms with van der Waals surface area (Å²) in [7, 11) is 0. The number of rotatable bonds is 0. The maximum Gasteiger partial charge on any atom is 0.213 e. The summed E-state index contributed by atoms with van der Waals surface area (Å²) in [6.07, 6.45) is 0. The Hall–Kier alpha value is -0.890. The molecule has 0 fully saturated rings. The van der Waals surface area contributed by atoms with Gasteiger partial charge in [0.15, 0.2) is 11.5 Å². The first-order valence-electron chi connectivity index (χ1n) is 3.77. The molecule has 1 aliphatic rings. The van der Waals surface area contributed by atoms with E-state index in [0.29, 0.717) is 12.4 Å². The van der Waals surface area contributed by atoms with Crippen molar-refractivity contribution in [1.29, 1.82) is 0 Å². The quantitative estimate of drug-likeness (QED) is 0.577. The summed E-state index contributed by atoms with van der Waals surface area (Å²) in [5.41, 5.74) is 0. The summed E-state index contributed by atoms with van der Waals surface area (Å²) in [4.78, 5) is 0. The molecular formula is C9H9ClO2. The molecule has 1 aromatic carbocycles. The monoisotopic (exact) mass is 184 g/mol. The highest BCUT2D eigenvalue weighted by Crippen LogP contribution is 2.35. The van der Waals surface area contributed by atoms with Crippen LogP contribution in [0, 0.1) is 0 Å². The van der Waals surface area contributed by atoms with Gasteiger partial charge in [0.1, 0.15) is 6.61 Å². The number of alkyl halides is 1. The third kappa shape index (κ3) is 1.34. The zero-order valence-corrected chi connectivity index (χ0v) is 7.47. The van der Waals surface area contributed by atoms with Crippen LogP contribution in [0.3, 0.4) is 0 Å². The lowest BCUT2D eigenvalue weighted by atomic mass is 10.3. The van der Waals surface area contributed by atoms with Crippen LogP contribution in [0.15, 0.2) is 24.3 Å². The van der Waals surface area contributed by atoms with Gasteiger partial charge in [0.2, 0.25) is 5.06 Å². The number of fused-ring (bicyclic) bond motifs is 1. The maximum atomic E-state index is 5.95. The lowest BCUT2D eigenvalue weighted by molar-refractivity contribution is 0.0715. The average Bonchev–Trinajstić information content (AvgIpc) is 2.02. The summed E-state index contributed by atoms with van der Waals surface area (Å²) in [6, 6.07) is 7.50. The normalized spacial score (nSPS) is 26.8. The number of benzene rings is 1. The fraction of sp³-hybridized carbons (Fsp3) is 0.333. The van der Waals surface area contributed by atoms with Crippen LogP contribution in [-0.2, 0) is 0 Å². The minimum Gasteiger partial charge on any atom is -0.484 e. The molecule has 2 rings (SSSR count). The van der Waals surface area contributed by atoms with Gasteiger partial charge < -0.3 is 9.47 Å². The summed E-state index contributed by atoms with van der Waals surface area (Å²) >= 11 is 5.95. The first kappa shape index (κ1) is 7.74. The van der Waals surface area contributed by atoms with E-state index in [4.69, 9.17) is 21.1 Å². The molecule has 12 heavy (non-hydrogen) atoms. The van der Waals surface area contributed by atoms with Crippen molar-refractivity contribution in [3.63, 3.8) is 0 Å². The standard InChI is InChI=1S/C9H9ClO2/c1-9(10)6-11-7-4-2-3-5-8(7)12-9/h2-5H,6H2,1H3. The van der Waals surface area contributed by atoms with Crippen molar-refractivity contribution < 1.29 is 9.47 Å². The Morgan fingerprint density at radius 2 is 2.00 bits per heavy atom. The fourth-order valence-electron chi connectivity index (χ4n) is 1.12. The van der Waals surface area contributed by atoms with E-state index in [0.717, 1.165) is 5.75 Å². The molecule has 2 nitrogen and oxygen atoms in total. The van der Waals surface area contributed by atoms with Crippen LogP contribution >= 0.6 is 11.6 Å². The lowest BCUT2D eigenvalue weighted by Crippen LogP contribution is -2.36. The topological polar surface area (TPSA) is 18.5 Å². The minimum atomic E-state index is -0.728. The molecule has 1 aliphatic heterocycles. The van der Waals surface area contributed by atoms with Gasteiger partial charge >= 0.3 is 0 Å². The number of para-hydroxylation sites is 2. The Bertz CT molecular complexity index is 296. The van der Waals surface area contributed by atoms with Crippen LogP contribution in [0.2, 0.25) is 0 Å². The SMILES string of the molecule is CC1(Cl)COc2ccccc2O1. The molecule has 3 heteroatoms. The van der Waals surface area contributed by atoms with Crippen LogP contribution in [0.4, 0.5) is 0 Å². The van der Waals surface area contributed by atoms with E-state index in [1.165, 1.54) is 0 Å². The van der Waals surface area contributed by atoms with Crippen LogP contribution < -0.4 is 9.47 Å². The molecule has 0 N–H and O–H groups in total. The van der Waals surface area contributed by atoms with Crippen molar-refractivity contribution in [2.75, 3.05) is 6.61 Å². The predicted molar refractivity (Wildman–Crippen MR) is 46.8 cm³/mol. The molecule has 0 aliphatic carbocycles. The fourth-order valence-corrected chi connectivity index (χ4v) is 1.26. The van der Waals surface area contributed by atoms with Crippen molar-refractivity contribution in [3.05, 3.63) is 24.3 Å². The van der Waals surface area contributed by atoms with E-state index in [2.05, 4.69) is 0 Å². The van der Waals surface area contributed by atoms with Crippen LogP contribution in [-0.4, -0.2) is 11.7 Å². The van der Waals surface area contributed by atoms with E-state index >= 15 is 0 Å². The van der Waals surface area contributed by atoms with Gasteiger partial charge in [0.25, 0.3) is 0 Å². The van der Waals surface area contributed by atoms with Gasteiger partial charge in [-0.3, -0.25) is 0 Å². The van der Waals surface area contributed by atoms with Gasteiger partial charge in [-0.05, 0) is 19.1 Å². The van der Waals surface area contributed by atoms with Crippen molar-refractivity contribution in [2.24, 2.45) is 0 Å². The Labute approximate surface area is 76.1 Å². The maximum absolute atomic E-state index is 5.95. The Balaban J connectivity index is 2.35. The molecule has 1 aromatic rings. The zero-order valence-electron chi connectivity index (χ0n) is 6.71. The third-order valence-electron chi connectivity index (χ3n) is 1.66. The average molecular weight is 185 g/mol. The highest BCUT2D eigenvalue weighted by Gasteiger charge is 2.29. The molecule has 0 saturated carbocycles. The Morgan fingerprint density at radius 1 is 1.33 bits per heavy atom. The molecule has 0 spiro atoms. The van der Waals surface area contributed by atoms with Crippen molar-refractivity contribution in [3.8, 4) is 11.5 Å². The second-order valence-corrected chi connectivity index (χ2v) is 3.74. The van der Waals surface area contributed by atoms with Crippen LogP contribution in [0.5, 0.6) is 11.5 Å².